The maximum atomic E-state index is 13.3. The highest BCUT2D eigenvalue weighted by Crippen LogP contribution is 2.69. The molecule has 1 aromatic heterocycles. The minimum Gasteiger partial charge on any atom is -0.479 e. The van der Waals surface area contributed by atoms with Crippen molar-refractivity contribution >= 4 is 23.4 Å². The zero-order valence-electron chi connectivity index (χ0n) is 25.0. The third-order valence-electron chi connectivity index (χ3n) is 9.89. The van der Waals surface area contributed by atoms with Crippen molar-refractivity contribution in [2.45, 2.75) is 70.9 Å². The summed E-state index contributed by atoms with van der Waals surface area (Å²) < 4.78 is 12.0. The number of amides is 3. The summed E-state index contributed by atoms with van der Waals surface area (Å²) in [5, 5.41) is 0. The van der Waals surface area contributed by atoms with Crippen LogP contribution in [0.5, 0.6) is 11.6 Å². The molecule has 224 valence electrons. The fourth-order valence-corrected chi connectivity index (χ4v) is 7.51. The number of fused-ring (bicyclic) bond motifs is 2. The summed E-state index contributed by atoms with van der Waals surface area (Å²) in [5.74, 6) is 2.36. The number of aromatic nitrogens is 1. The molecule has 0 N–H and O–H groups in total. The van der Waals surface area contributed by atoms with Crippen LogP contribution in [0.25, 0.3) is 0 Å². The first-order chi connectivity index (χ1) is 20.3. The molecule has 4 atom stereocenters. The van der Waals surface area contributed by atoms with E-state index in [1.807, 2.05) is 24.3 Å². The van der Waals surface area contributed by atoms with Crippen molar-refractivity contribution in [3.63, 3.8) is 0 Å². The molecule has 2 unspecified atom stereocenters. The van der Waals surface area contributed by atoms with Crippen molar-refractivity contribution in [1.29, 1.82) is 0 Å². The van der Waals surface area contributed by atoms with Crippen LogP contribution in [0.15, 0.2) is 36.5 Å². The average Bonchev–Trinajstić information content (AvgIpc) is 3.19. The Hall–Kier alpha value is -3.62. The van der Waals surface area contributed by atoms with Crippen LogP contribution in [0.4, 0.5) is 5.69 Å². The summed E-state index contributed by atoms with van der Waals surface area (Å²) in [5.41, 5.74) is 2.67. The lowest BCUT2D eigenvalue weighted by Crippen LogP contribution is -2.36. The normalized spacial score (nSPS) is 24.9. The van der Waals surface area contributed by atoms with E-state index >= 15 is 0 Å². The van der Waals surface area contributed by atoms with E-state index in [2.05, 4.69) is 11.9 Å². The topological polar surface area (TPSA) is 92.3 Å². The Bertz CT molecular complexity index is 1340. The van der Waals surface area contributed by atoms with Crippen molar-refractivity contribution in [1.82, 2.24) is 14.8 Å². The first-order valence-electron chi connectivity index (χ1n) is 15.5. The number of pyridine rings is 1. The molecular formula is C33H42N4O5. The van der Waals surface area contributed by atoms with Gasteiger partial charge in [-0.3, -0.25) is 14.4 Å². The highest BCUT2D eigenvalue weighted by Gasteiger charge is 2.59. The Morgan fingerprint density at radius 3 is 2.71 bits per heavy atom. The summed E-state index contributed by atoms with van der Waals surface area (Å²) in [7, 11) is 3.35. The van der Waals surface area contributed by atoms with Gasteiger partial charge in [-0.2, -0.15) is 0 Å². The van der Waals surface area contributed by atoms with E-state index in [0.717, 1.165) is 23.8 Å². The molecule has 0 spiro atoms. The number of nitrogens with zero attached hydrogens (tertiary/aromatic N) is 4. The highest BCUT2D eigenvalue weighted by atomic mass is 16.5. The van der Waals surface area contributed by atoms with E-state index in [1.54, 1.807) is 31.3 Å². The zero-order chi connectivity index (χ0) is 29.4. The number of benzene rings is 1. The van der Waals surface area contributed by atoms with Crippen LogP contribution >= 0.6 is 0 Å². The van der Waals surface area contributed by atoms with E-state index < -0.39 is 6.10 Å². The second-order valence-electron chi connectivity index (χ2n) is 12.7. The van der Waals surface area contributed by atoms with Crippen molar-refractivity contribution in [3.05, 3.63) is 47.7 Å². The van der Waals surface area contributed by atoms with Crippen molar-refractivity contribution in [2.75, 3.05) is 38.7 Å². The Kier molecular flexibility index (Phi) is 7.85. The summed E-state index contributed by atoms with van der Waals surface area (Å²) in [4.78, 5) is 47.4. The van der Waals surface area contributed by atoms with Crippen molar-refractivity contribution < 1.29 is 23.9 Å². The molecule has 2 saturated carbocycles. The summed E-state index contributed by atoms with van der Waals surface area (Å²) in [6, 6.07) is 9.11. The van der Waals surface area contributed by atoms with Gasteiger partial charge in [0, 0.05) is 50.9 Å². The molecule has 3 fully saturated rings. The number of anilines is 1. The van der Waals surface area contributed by atoms with Gasteiger partial charge in [0.2, 0.25) is 11.8 Å². The SMILES string of the molecule is CCC[C@H](CCOc1ccc(O[C@@H]2CCN(c3ccc4c(c3)C(=O)N(CC(=O)N(C)C)C4)C2=O)cn1)C12CCCC1C2. The smallest absolute Gasteiger partial charge is 0.268 e. The number of carbonyl (C=O) groups excluding carboxylic acids is 3. The Balaban J connectivity index is 1.01. The van der Waals surface area contributed by atoms with Crippen LogP contribution in [-0.4, -0.2) is 72.4 Å². The van der Waals surface area contributed by atoms with Gasteiger partial charge in [0.15, 0.2) is 6.10 Å². The van der Waals surface area contributed by atoms with Gasteiger partial charge in [-0.05, 0) is 66.7 Å². The molecule has 1 aromatic carbocycles. The molecule has 2 aromatic rings. The van der Waals surface area contributed by atoms with Crippen molar-refractivity contribution in [2.24, 2.45) is 17.3 Å². The van der Waals surface area contributed by atoms with Gasteiger partial charge >= 0.3 is 0 Å². The molecule has 2 aliphatic carbocycles. The van der Waals surface area contributed by atoms with Crippen LogP contribution in [-0.2, 0) is 16.1 Å². The fraction of sp³-hybridized carbons (Fsp3) is 0.576. The van der Waals surface area contributed by atoms with Gasteiger partial charge in [-0.25, -0.2) is 4.98 Å². The zero-order valence-corrected chi connectivity index (χ0v) is 25.0. The molecule has 2 aliphatic heterocycles. The number of hydrogen-bond acceptors (Lipinski definition) is 6. The standard InChI is InChI=1S/C33H42N4O5/c1-4-6-23(33-14-5-7-24(33)18-33)13-16-41-29-11-10-26(19-34-29)42-28-12-15-37(32(28)40)25-9-8-22-20-36(21-30(38)35(2)3)31(39)27(22)17-25/h8-11,17,19,23-24,28H,4-7,12-16,18,20-21H2,1-3H3/t23-,24?,28-,33?/m1/s1. The largest absolute Gasteiger partial charge is 0.479 e. The number of hydrogen-bond donors (Lipinski definition) is 0. The van der Waals surface area contributed by atoms with Crippen LogP contribution in [0.1, 0.15) is 74.2 Å². The predicted octanol–water partition coefficient (Wildman–Crippen LogP) is 4.69. The summed E-state index contributed by atoms with van der Waals surface area (Å²) in [6.07, 6.45) is 10.7. The molecule has 9 nitrogen and oxygen atoms in total. The van der Waals surface area contributed by atoms with Gasteiger partial charge in [-0.15, -0.1) is 0 Å². The van der Waals surface area contributed by atoms with E-state index in [1.165, 1.54) is 48.3 Å². The third kappa shape index (κ3) is 5.45. The molecule has 0 radical (unpaired) electrons. The maximum Gasteiger partial charge on any atom is 0.268 e. The van der Waals surface area contributed by atoms with E-state index in [4.69, 9.17) is 9.47 Å². The Labute approximate surface area is 248 Å². The molecule has 6 rings (SSSR count). The minimum atomic E-state index is -0.622. The molecule has 1 saturated heterocycles. The second kappa shape index (κ2) is 11.6. The first-order valence-corrected chi connectivity index (χ1v) is 15.5. The van der Waals surface area contributed by atoms with Gasteiger partial charge in [0.1, 0.15) is 12.3 Å². The van der Waals surface area contributed by atoms with Crippen LogP contribution < -0.4 is 14.4 Å². The molecule has 42 heavy (non-hydrogen) atoms. The highest BCUT2D eigenvalue weighted by molar-refractivity contribution is 6.03. The number of likely N-dealkylation sites (N-methyl/N-ethyl adjacent to an activating group) is 1. The number of rotatable bonds is 12. The Morgan fingerprint density at radius 2 is 2.02 bits per heavy atom. The van der Waals surface area contributed by atoms with Crippen molar-refractivity contribution in [3.8, 4) is 11.6 Å². The number of ether oxygens (including phenoxy) is 2. The maximum absolute atomic E-state index is 13.3. The van der Waals surface area contributed by atoms with Gasteiger partial charge in [0.25, 0.3) is 11.8 Å². The van der Waals surface area contributed by atoms with E-state index in [0.29, 0.717) is 54.4 Å². The first kappa shape index (κ1) is 28.5. The van der Waals surface area contributed by atoms with Gasteiger partial charge < -0.3 is 24.2 Å². The van der Waals surface area contributed by atoms with E-state index in [-0.39, 0.29) is 24.3 Å². The monoisotopic (exact) mass is 574 g/mol. The Morgan fingerprint density at radius 1 is 1.17 bits per heavy atom. The van der Waals surface area contributed by atoms with Gasteiger partial charge in [0.05, 0.1) is 12.8 Å². The lowest BCUT2D eigenvalue weighted by molar-refractivity contribution is -0.129. The molecule has 3 heterocycles. The fourth-order valence-electron chi connectivity index (χ4n) is 7.51. The molecule has 0 bridgehead atoms. The molecule has 9 heteroatoms. The second-order valence-corrected chi connectivity index (χ2v) is 12.7. The summed E-state index contributed by atoms with van der Waals surface area (Å²) >= 11 is 0. The van der Waals surface area contributed by atoms with E-state index in [9.17, 15) is 14.4 Å². The third-order valence-corrected chi connectivity index (χ3v) is 9.89. The molecule has 3 amide bonds. The lowest BCUT2D eigenvalue weighted by Gasteiger charge is -2.25. The lowest BCUT2D eigenvalue weighted by atomic mass is 9.81. The predicted molar refractivity (Wildman–Crippen MR) is 158 cm³/mol. The van der Waals surface area contributed by atoms with Crippen LogP contribution in [0.3, 0.4) is 0 Å². The molecule has 4 aliphatic rings. The average molecular weight is 575 g/mol. The quantitative estimate of drug-likeness (QED) is 0.365. The minimum absolute atomic E-state index is 0.0345. The summed E-state index contributed by atoms with van der Waals surface area (Å²) in [6.45, 7) is 3.88. The molecular weight excluding hydrogens is 532 g/mol. The van der Waals surface area contributed by atoms with Crippen LogP contribution in [0.2, 0.25) is 0 Å². The van der Waals surface area contributed by atoms with Gasteiger partial charge in [-0.1, -0.05) is 32.3 Å². The van der Waals surface area contributed by atoms with Crippen LogP contribution in [0, 0.1) is 17.3 Å². The number of carbonyl (C=O) groups is 3.